The molecule has 0 radical (unpaired) electrons. The Bertz CT molecular complexity index is 354. The summed E-state index contributed by atoms with van der Waals surface area (Å²) in [6.07, 6.45) is 2.53. The van der Waals surface area contributed by atoms with Crippen LogP contribution >= 0.6 is 0 Å². The van der Waals surface area contributed by atoms with Crippen molar-refractivity contribution in [2.75, 3.05) is 18.8 Å². The highest BCUT2D eigenvalue weighted by Gasteiger charge is 2.27. The van der Waals surface area contributed by atoms with E-state index in [2.05, 4.69) is 37.8 Å². The number of hydrogen-bond donors (Lipinski definition) is 1. The maximum absolute atomic E-state index is 5.73. The van der Waals surface area contributed by atoms with E-state index in [0.717, 1.165) is 5.69 Å². The summed E-state index contributed by atoms with van der Waals surface area (Å²) >= 11 is 0. The standard InChI is InChI=1S/C15H24N2/c1-15(2,3)17-10-8-13(9-11-17)12-4-6-14(16)7-5-12/h4-7,13H,8-11,16H2,1-3H3. The Morgan fingerprint density at radius 2 is 1.59 bits per heavy atom. The monoisotopic (exact) mass is 232 g/mol. The van der Waals surface area contributed by atoms with Crippen LogP contribution in [-0.4, -0.2) is 23.5 Å². The number of nitrogens with zero attached hydrogens (tertiary/aromatic N) is 1. The van der Waals surface area contributed by atoms with Crippen LogP contribution in [0.5, 0.6) is 0 Å². The molecule has 1 saturated heterocycles. The van der Waals surface area contributed by atoms with E-state index in [9.17, 15) is 0 Å². The summed E-state index contributed by atoms with van der Waals surface area (Å²) in [6.45, 7) is 9.32. The van der Waals surface area contributed by atoms with E-state index in [1.54, 1.807) is 0 Å². The van der Waals surface area contributed by atoms with Crippen LogP contribution < -0.4 is 5.73 Å². The van der Waals surface area contributed by atoms with Crippen LogP contribution in [-0.2, 0) is 0 Å². The van der Waals surface area contributed by atoms with Crippen LogP contribution in [0, 0.1) is 0 Å². The van der Waals surface area contributed by atoms with Gasteiger partial charge in [0.2, 0.25) is 0 Å². The highest BCUT2D eigenvalue weighted by atomic mass is 15.2. The molecule has 1 aliphatic rings. The van der Waals surface area contributed by atoms with Gasteiger partial charge in [0.05, 0.1) is 0 Å². The molecule has 1 aromatic carbocycles. The molecular formula is C15H24N2. The van der Waals surface area contributed by atoms with Crippen molar-refractivity contribution in [1.82, 2.24) is 4.90 Å². The van der Waals surface area contributed by atoms with Gasteiger partial charge in [-0.15, -0.1) is 0 Å². The minimum atomic E-state index is 0.312. The molecule has 94 valence electrons. The lowest BCUT2D eigenvalue weighted by atomic mass is 9.87. The van der Waals surface area contributed by atoms with Crippen molar-refractivity contribution in [3.8, 4) is 0 Å². The maximum Gasteiger partial charge on any atom is 0.0314 e. The maximum atomic E-state index is 5.73. The van der Waals surface area contributed by atoms with Crippen LogP contribution in [0.3, 0.4) is 0 Å². The van der Waals surface area contributed by atoms with Gasteiger partial charge in [0, 0.05) is 11.2 Å². The number of likely N-dealkylation sites (tertiary alicyclic amines) is 1. The van der Waals surface area contributed by atoms with E-state index in [1.807, 2.05) is 12.1 Å². The van der Waals surface area contributed by atoms with Gasteiger partial charge in [0.25, 0.3) is 0 Å². The zero-order chi connectivity index (χ0) is 12.5. The lowest BCUT2D eigenvalue weighted by Gasteiger charge is -2.41. The average molecular weight is 232 g/mol. The second kappa shape index (κ2) is 4.69. The molecule has 0 atom stereocenters. The van der Waals surface area contributed by atoms with Gasteiger partial charge in [-0.1, -0.05) is 12.1 Å². The van der Waals surface area contributed by atoms with Crippen LogP contribution in [0.1, 0.15) is 45.1 Å². The molecule has 2 N–H and O–H groups in total. The smallest absolute Gasteiger partial charge is 0.0314 e. The highest BCUT2D eigenvalue weighted by molar-refractivity contribution is 5.40. The zero-order valence-electron chi connectivity index (χ0n) is 11.2. The molecule has 2 rings (SSSR count). The molecule has 0 amide bonds. The third-order valence-corrected chi connectivity index (χ3v) is 3.85. The van der Waals surface area contributed by atoms with Gasteiger partial charge >= 0.3 is 0 Å². The quantitative estimate of drug-likeness (QED) is 0.753. The molecule has 0 unspecified atom stereocenters. The normalized spacial score (nSPS) is 19.5. The summed E-state index contributed by atoms with van der Waals surface area (Å²) in [5.74, 6) is 0.717. The van der Waals surface area contributed by atoms with Crippen molar-refractivity contribution in [1.29, 1.82) is 0 Å². The molecule has 0 bridgehead atoms. The lowest BCUT2D eigenvalue weighted by Crippen LogP contribution is -2.45. The fourth-order valence-electron chi connectivity index (χ4n) is 2.65. The van der Waals surface area contributed by atoms with Crippen LogP contribution in [0.2, 0.25) is 0 Å². The summed E-state index contributed by atoms with van der Waals surface area (Å²) in [6, 6.07) is 8.41. The third kappa shape index (κ3) is 3.01. The van der Waals surface area contributed by atoms with Crippen LogP contribution in [0.4, 0.5) is 5.69 Å². The molecular weight excluding hydrogens is 208 g/mol. The van der Waals surface area contributed by atoms with E-state index in [0.29, 0.717) is 11.5 Å². The van der Waals surface area contributed by atoms with E-state index in [-0.39, 0.29) is 0 Å². The number of rotatable bonds is 1. The molecule has 0 saturated carbocycles. The molecule has 2 nitrogen and oxygen atoms in total. The Kier molecular flexibility index (Phi) is 3.43. The summed E-state index contributed by atoms with van der Waals surface area (Å²) in [5, 5.41) is 0. The first-order chi connectivity index (χ1) is 7.97. The molecule has 0 aliphatic carbocycles. The van der Waals surface area contributed by atoms with Gasteiger partial charge in [-0.05, 0) is 70.3 Å². The summed E-state index contributed by atoms with van der Waals surface area (Å²) < 4.78 is 0. The Labute approximate surface area is 105 Å². The minimum Gasteiger partial charge on any atom is -0.399 e. The number of nitrogen functional groups attached to an aromatic ring is 1. The number of benzene rings is 1. The summed E-state index contributed by atoms with van der Waals surface area (Å²) in [7, 11) is 0. The largest absolute Gasteiger partial charge is 0.399 e. The molecule has 1 aromatic rings. The Morgan fingerprint density at radius 3 is 2.06 bits per heavy atom. The first kappa shape index (κ1) is 12.4. The van der Waals surface area contributed by atoms with E-state index >= 15 is 0 Å². The molecule has 1 fully saturated rings. The molecule has 1 heterocycles. The van der Waals surface area contributed by atoms with Gasteiger partial charge in [-0.25, -0.2) is 0 Å². The number of anilines is 1. The molecule has 0 spiro atoms. The topological polar surface area (TPSA) is 29.3 Å². The number of nitrogens with two attached hydrogens (primary N) is 1. The van der Waals surface area contributed by atoms with Crippen molar-refractivity contribution in [3.63, 3.8) is 0 Å². The predicted molar refractivity (Wildman–Crippen MR) is 74.2 cm³/mol. The van der Waals surface area contributed by atoms with Gasteiger partial charge in [0.15, 0.2) is 0 Å². The number of piperidine rings is 1. The summed E-state index contributed by atoms with van der Waals surface area (Å²) in [5.41, 5.74) is 8.35. The minimum absolute atomic E-state index is 0.312. The first-order valence-electron chi connectivity index (χ1n) is 6.57. The third-order valence-electron chi connectivity index (χ3n) is 3.85. The van der Waals surface area contributed by atoms with Crippen LogP contribution in [0.25, 0.3) is 0 Å². The predicted octanol–water partition coefficient (Wildman–Crippen LogP) is 3.25. The zero-order valence-corrected chi connectivity index (χ0v) is 11.2. The first-order valence-corrected chi connectivity index (χ1v) is 6.57. The second-order valence-corrected chi connectivity index (χ2v) is 6.10. The molecule has 2 heteroatoms. The molecule has 0 aromatic heterocycles. The fourth-order valence-corrected chi connectivity index (χ4v) is 2.65. The molecule has 1 aliphatic heterocycles. The SMILES string of the molecule is CC(C)(C)N1CCC(c2ccc(N)cc2)CC1. The Hall–Kier alpha value is -1.02. The Balaban J connectivity index is 1.97. The fraction of sp³-hybridized carbons (Fsp3) is 0.600. The van der Waals surface area contributed by atoms with Gasteiger partial charge in [0.1, 0.15) is 0 Å². The highest BCUT2D eigenvalue weighted by Crippen LogP contribution is 2.31. The van der Waals surface area contributed by atoms with Crippen LogP contribution in [0.15, 0.2) is 24.3 Å². The molecule has 17 heavy (non-hydrogen) atoms. The van der Waals surface area contributed by atoms with E-state index in [1.165, 1.54) is 31.5 Å². The van der Waals surface area contributed by atoms with E-state index < -0.39 is 0 Å². The second-order valence-electron chi connectivity index (χ2n) is 6.10. The van der Waals surface area contributed by atoms with Crippen molar-refractivity contribution in [2.45, 2.75) is 45.1 Å². The van der Waals surface area contributed by atoms with Crippen molar-refractivity contribution >= 4 is 5.69 Å². The van der Waals surface area contributed by atoms with Crippen molar-refractivity contribution < 1.29 is 0 Å². The van der Waals surface area contributed by atoms with Crippen molar-refractivity contribution in [2.24, 2.45) is 0 Å². The van der Waals surface area contributed by atoms with Gasteiger partial charge in [-0.3, -0.25) is 4.90 Å². The van der Waals surface area contributed by atoms with Gasteiger partial charge in [-0.2, -0.15) is 0 Å². The lowest BCUT2D eigenvalue weighted by molar-refractivity contribution is 0.102. The van der Waals surface area contributed by atoms with Gasteiger partial charge < -0.3 is 5.73 Å². The number of hydrogen-bond acceptors (Lipinski definition) is 2. The van der Waals surface area contributed by atoms with Crippen molar-refractivity contribution in [3.05, 3.63) is 29.8 Å². The van der Waals surface area contributed by atoms with E-state index in [4.69, 9.17) is 5.73 Å². The Morgan fingerprint density at radius 1 is 1.06 bits per heavy atom. The summed E-state index contributed by atoms with van der Waals surface area (Å²) in [4.78, 5) is 2.58. The average Bonchev–Trinajstić information content (AvgIpc) is 2.29.